The lowest BCUT2D eigenvalue weighted by Gasteiger charge is -2.00. The lowest BCUT2D eigenvalue weighted by Crippen LogP contribution is -1.90. The predicted octanol–water partition coefficient (Wildman–Crippen LogP) is 3.81. The van der Waals surface area contributed by atoms with Gasteiger partial charge in [0.05, 0.1) is 10.5 Å². The molecule has 0 radical (unpaired) electrons. The number of pyridine rings is 2. The van der Waals surface area contributed by atoms with Crippen LogP contribution in [0.4, 0.5) is 0 Å². The SMILES string of the molecule is Clc1ccc2c(Br)nc(-c3ccccn3)n2c1. The molecule has 0 aliphatic rings. The van der Waals surface area contributed by atoms with E-state index in [1.54, 1.807) is 6.20 Å². The third-order valence-electron chi connectivity index (χ3n) is 2.45. The summed E-state index contributed by atoms with van der Waals surface area (Å²) in [4.78, 5) is 8.75. The van der Waals surface area contributed by atoms with Crippen molar-refractivity contribution in [2.45, 2.75) is 0 Å². The van der Waals surface area contributed by atoms with Crippen LogP contribution in [0.2, 0.25) is 5.02 Å². The number of halogens is 2. The topological polar surface area (TPSA) is 30.2 Å². The minimum Gasteiger partial charge on any atom is -0.296 e. The molecule has 0 aromatic carbocycles. The second-order valence-electron chi connectivity index (χ2n) is 3.54. The molecule has 0 fully saturated rings. The highest BCUT2D eigenvalue weighted by Gasteiger charge is 2.11. The minimum atomic E-state index is 0.666. The van der Waals surface area contributed by atoms with E-state index in [2.05, 4.69) is 25.9 Å². The van der Waals surface area contributed by atoms with Gasteiger partial charge in [0.2, 0.25) is 0 Å². The molecule has 0 unspecified atom stereocenters. The van der Waals surface area contributed by atoms with Crippen molar-refractivity contribution in [1.29, 1.82) is 0 Å². The Kier molecular flexibility index (Phi) is 2.61. The van der Waals surface area contributed by atoms with Crippen LogP contribution in [0.1, 0.15) is 0 Å². The lowest BCUT2D eigenvalue weighted by atomic mass is 10.3. The van der Waals surface area contributed by atoms with Crippen LogP contribution >= 0.6 is 27.5 Å². The van der Waals surface area contributed by atoms with Gasteiger partial charge in [-0.3, -0.25) is 9.38 Å². The first-order valence-corrected chi connectivity index (χ1v) is 6.17. The van der Waals surface area contributed by atoms with Gasteiger partial charge in [0, 0.05) is 12.4 Å². The number of hydrogen-bond donors (Lipinski definition) is 0. The number of rotatable bonds is 1. The van der Waals surface area contributed by atoms with Gasteiger partial charge in [-0.05, 0) is 40.2 Å². The third kappa shape index (κ3) is 1.83. The lowest BCUT2D eigenvalue weighted by molar-refractivity contribution is 1.13. The summed E-state index contributed by atoms with van der Waals surface area (Å²) in [6.07, 6.45) is 3.58. The zero-order valence-corrected chi connectivity index (χ0v) is 11.0. The highest BCUT2D eigenvalue weighted by molar-refractivity contribution is 9.10. The average molecular weight is 309 g/mol. The van der Waals surface area contributed by atoms with E-state index in [0.717, 1.165) is 21.6 Å². The Balaban J connectivity index is 2.34. The highest BCUT2D eigenvalue weighted by Crippen LogP contribution is 2.26. The maximum Gasteiger partial charge on any atom is 0.164 e. The van der Waals surface area contributed by atoms with Gasteiger partial charge in [0.1, 0.15) is 10.3 Å². The van der Waals surface area contributed by atoms with E-state index in [4.69, 9.17) is 11.6 Å². The molecular formula is C12H7BrClN3. The summed E-state index contributed by atoms with van der Waals surface area (Å²) >= 11 is 9.44. The van der Waals surface area contributed by atoms with E-state index in [9.17, 15) is 0 Å². The van der Waals surface area contributed by atoms with Crippen LogP contribution < -0.4 is 0 Å². The summed E-state index contributed by atoms with van der Waals surface area (Å²) in [5, 5.41) is 0.666. The standard InChI is InChI=1S/C12H7BrClN3/c13-11-10-5-4-8(14)7-17(10)12(16-11)9-3-1-2-6-15-9/h1-7H. The van der Waals surface area contributed by atoms with Crippen molar-refractivity contribution in [3.05, 3.63) is 52.4 Å². The molecular weight excluding hydrogens is 302 g/mol. The monoisotopic (exact) mass is 307 g/mol. The van der Waals surface area contributed by atoms with Crippen molar-refractivity contribution in [3.8, 4) is 11.5 Å². The van der Waals surface area contributed by atoms with Gasteiger partial charge in [-0.1, -0.05) is 17.7 Å². The molecule has 3 rings (SSSR count). The van der Waals surface area contributed by atoms with E-state index in [-0.39, 0.29) is 0 Å². The van der Waals surface area contributed by atoms with Gasteiger partial charge in [0.25, 0.3) is 0 Å². The first-order valence-electron chi connectivity index (χ1n) is 5.00. The van der Waals surface area contributed by atoms with Crippen LogP contribution in [-0.4, -0.2) is 14.4 Å². The Morgan fingerprint density at radius 3 is 2.82 bits per heavy atom. The van der Waals surface area contributed by atoms with Crippen molar-refractivity contribution in [2.75, 3.05) is 0 Å². The Hall–Kier alpha value is -1.39. The first kappa shape index (κ1) is 10.7. The molecule has 0 amide bonds. The van der Waals surface area contributed by atoms with Gasteiger partial charge < -0.3 is 0 Å². The quantitative estimate of drug-likeness (QED) is 0.684. The molecule has 3 aromatic rings. The zero-order valence-electron chi connectivity index (χ0n) is 8.64. The Morgan fingerprint density at radius 2 is 2.06 bits per heavy atom. The van der Waals surface area contributed by atoms with Gasteiger partial charge >= 0.3 is 0 Å². The van der Waals surface area contributed by atoms with Crippen LogP contribution in [0.25, 0.3) is 17.0 Å². The number of hydrogen-bond acceptors (Lipinski definition) is 2. The molecule has 3 heterocycles. The van der Waals surface area contributed by atoms with Gasteiger partial charge in [-0.2, -0.15) is 0 Å². The molecule has 3 aromatic heterocycles. The Bertz CT molecular complexity index is 679. The molecule has 0 saturated heterocycles. The van der Waals surface area contributed by atoms with Crippen molar-refractivity contribution in [2.24, 2.45) is 0 Å². The minimum absolute atomic E-state index is 0.666. The summed E-state index contributed by atoms with van der Waals surface area (Å²) in [6.45, 7) is 0. The molecule has 0 saturated carbocycles. The molecule has 0 bridgehead atoms. The second-order valence-corrected chi connectivity index (χ2v) is 4.73. The summed E-state index contributed by atoms with van der Waals surface area (Å²) in [5.41, 5.74) is 1.78. The van der Waals surface area contributed by atoms with Crippen molar-refractivity contribution in [1.82, 2.24) is 14.4 Å². The summed E-state index contributed by atoms with van der Waals surface area (Å²) in [5.74, 6) is 0.773. The van der Waals surface area contributed by atoms with Crippen molar-refractivity contribution < 1.29 is 0 Å². The smallest absolute Gasteiger partial charge is 0.164 e. The van der Waals surface area contributed by atoms with E-state index in [1.807, 2.05) is 40.9 Å². The summed E-state index contributed by atoms with van der Waals surface area (Å²) in [6, 6.07) is 9.49. The van der Waals surface area contributed by atoms with Crippen LogP contribution in [0.15, 0.2) is 47.3 Å². The largest absolute Gasteiger partial charge is 0.296 e. The van der Waals surface area contributed by atoms with Crippen LogP contribution in [0, 0.1) is 0 Å². The Labute approximate surface area is 111 Å². The van der Waals surface area contributed by atoms with Crippen LogP contribution in [-0.2, 0) is 0 Å². The third-order valence-corrected chi connectivity index (χ3v) is 3.26. The van der Waals surface area contributed by atoms with Gasteiger partial charge in [0.15, 0.2) is 5.82 Å². The van der Waals surface area contributed by atoms with E-state index in [0.29, 0.717) is 5.02 Å². The van der Waals surface area contributed by atoms with E-state index < -0.39 is 0 Å². The van der Waals surface area contributed by atoms with Crippen LogP contribution in [0.5, 0.6) is 0 Å². The maximum atomic E-state index is 6.00. The van der Waals surface area contributed by atoms with Gasteiger partial charge in [-0.15, -0.1) is 0 Å². The number of fused-ring (bicyclic) bond motifs is 1. The molecule has 0 aliphatic heterocycles. The van der Waals surface area contributed by atoms with Crippen molar-refractivity contribution in [3.63, 3.8) is 0 Å². The fourth-order valence-corrected chi connectivity index (χ4v) is 2.35. The number of imidazole rings is 1. The van der Waals surface area contributed by atoms with E-state index >= 15 is 0 Å². The van der Waals surface area contributed by atoms with Crippen LogP contribution in [0.3, 0.4) is 0 Å². The molecule has 0 aliphatic carbocycles. The average Bonchev–Trinajstić information content (AvgIpc) is 2.67. The highest BCUT2D eigenvalue weighted by atomic mass is 79.9. The Morgan fingerprint density at radius 1 is 1.18 bits per heavy atom. The molecule has 17 heavy (non-hydrogen) atoms. The first-order chi connectivity index (χ1) is 8.25. The molecule has 84 valence electrons. The fourth-order valence-electron chi connectivity index (χ4n) is 1.70. The van der Waals surface area contributed by atoms with Gasteiger partial charge in [-0.25, -0.2) is 4.98 Å². The fraction of sp³-hybridized carbons (Fsp3) is 0. The van der Waals surface area contributed by atoms with E-state index in [1.165, 1.54) is 0 Å². The zero-order chi connectivity index (χ0) is 11.8. The summed E-state index contributed by atoms with van der Waals surface area (Å²) in [7, 11) is 0. The normalized spacial score (nSPS) is 10.9. The molecule has 0 atom stereocenters. The molecule has 3 nitrogen and oxygen atoms in total. The maximum absolute atomic E-state index is 6.00. The molecule has 5 heteroatoms. The number of aromatic nitrogens is 3. The molecule has 0 N–H and O–H groups in total. The molecule has 0 spiro atoms. The summed E-state index contributed by atoms with van der Waals surface area (Å²) < 4.78 is 2.71. The van der Waals surface area contributed by atoms with Crippen molar-refractivity contribution >= 4 is 33.0 Å². The number of nitrogens with zero attached hydrogens (tertiary/aromatic N) is 3. The second kappa shape index (κ2) is 4.13. The predicted molar refractivity (Wildman–Crippen MR) is 71.1 cm³/mol.